The zero-order valence-corrected chi connectivity index (χ0v) is 13.8. The first-order chi connectivity index (χ1) is 8.60. The molecule has 0 aromatic heterocycles. The summed E-state index contributed by atoms with van der Waals surface area (Å²) in [5.74, 6) is 0. The van der Waals surface area contributed by atoms with Crippen LogP contribution in [0, 0.1) is 0 Å². The van der Waals surface area contributed by atoms with Gasteiger partial charge in [0, 0.05) is 39.3 Å². The Labute approximate surface area is 114 Å². The average Bonchev–Trinajstić information content (AvgIpc) is 2.40. The van der Waals surface area contributed by atoms with E-state index in [1.807, 2.05) is 9.56 Å². The van der Waals surface area contributed by atoms with E-state index in [0.29, 0.717) is 0 Å². The summed E-state index contributed by atoms with van der Waals surface area (Å²) >= 11 is 0. The maximum Gasteiger partial charge on any atom is 0.569 e. The van der Waals surface area contributed by atoms with Crippen LogP contribution in [0.25, 0.3) is 0 Å². The number of hydrogen-bond acceptors (Lipinski definition) is 3. The average molecular weight is 277 g/mol. The fourth-order valence-corrected chi connectivity index (χ4v) is 3.58. The summed E-state index contributed by atoms with van der Waals surface area (Å²) in [4.78, 5) is 1.96. The van der Waals surface area contributed by atoms with Gasteiger partial charge in [-0.15, -0.1) is 0 Å². The second-order valence-electron chi connectivity index (χ2n) is 3.94. The highest BCUT2D eigenvalue weighted by Crippen LogP contribution is 2.34. The lowest BCUT2D eigenvalue weighted by molar-refractivity contribution is -0.103. The van der Waals surface area contributed by atoms with Crippen LogP contribution in [0.2, 0.25) is 0 Å². The zero-order valence-electron chi connectivity index (χ0n) is 12.9. The molecule has 0 radical (unpaired) electrons. The van der Waals surface area contributed by atoms with Crippen molar-refractivity contribution in [1.82, 2.24) is 19.6 Å². The molecule has 0 amide bonds. The van der Waals surface area contributed by atoms with E-state index in [9.17, 15) is 4.57 Å². The summed E-state index contributed by atoms with van der Waals surface area (Å²) < 4.78 is 14.7. The Morgan fingerprint density at radius 3 is 1.22 bits per heavy atom. The van der Waals surface area contributed by atoms with E-state index in [2.05, 4.69) is 51.6 Å². The molecule has 0 spiro atoms. The van der Waals surface area contributed by atoms with Crippen LogP contribution in [-0.2, 0) is 4.57 Å². The third-order valence-electron chi connectivity index (χ3n) is 3.09. The van der Waals surface area contributed by atoms with Crippen LogP contribution < -0.4 is 0 Å². The van der Waals surface area contributed by atoms with Crippen LogP contribution in [0.1, 0.15) is 41.5 Å². The monoisotopic (exact) mass is 277 g/mol. The molecule has 0 saturated carbocycles. The summed E-state index contributed by atoms with van der Waals surface area (Å²) in [5, 5.41) is 4.29. The molecule has 0 fully saturated rings. The molecular weight excluding hydrogens is 247 g/mol. The van der Waals surface area contributed by atoms with E-state index in [0.717, 1.165) is 39.3 Å². The molecule has 0 rings (SSSR count). The Kier molecular flexibility index (Phi) is 9.78. The van der Waals surface area contributed by atoms with Gasteiger partial charge in [-0.2, -0.15) is 10.0 Å². The highest BCUT2D eigenvalue weighted by atomic mass is 31.1. The maximum atomic E-state index is 12.7. The predicted molar refractivity (Wildman–Crippen MR) is 78.2 cm³/mol. The fourth-order valence-electron chi connectivity index (χ4n) is 1.93. The van der Waals surface area contributed by atoms with Crippen LogP contribution in [0.15, 0.2) is 0 Å². The molecule has 0 heterocycles. The van der Waals surface area contributed by atoms with Crippen molar-refractivity contribution < 1.29 is 4.57 Å². The Hall–Kier alpha value is -0.0600. The largest absolute Gasteiger partial charge is 0.569 e. The van der Waals surface area contributed by atoms with E-state index in [4.69, 9.17) is 0 Å². The molecule has 0 aromatic carbocycles. The summed E-state index contributed by atoms with van der Waals surface area (Å²) in [7, 11) is -1.54. The molecule has 108 valence electrons. The van der Waals surface area contributed by atoms with Gasteiger partial charge in [-0.1, -0.05) is 32.4 Å². The number of hydrazine groups is 2. The smallest absolute Gasteiger partial charge is 0.185 e. The van der Waals surface area contributed by atoms with Crippen molar-refractivity contribution in [2.24, 2.45) is 0 Å². The topological polar surface area (TPSA) is 30.0 Å². The van der Waals surface area contributed by atoms with E-state index in [1.165, 1.54) is 0 Å². The third kappa shape index (κ3) is 4.56. The molecular formula is C12H30N4OP+. The normalized spacial score (nSPS) is 13.1. The van der Waals surface area contributed by atoms with E-state index < -0.39 is 8.10 Å². The SMILES string of the molecule is CCN(CC)N(N(CC)CC)[P+](=O)N(CC)CC. The summed E-state index contributed by atoms with van der Waals surface area (Å²) in [6.45, 7) is 17.6. The van der Waals surface area contributed by atoms with E-state index in [1.54, 1.807) is 0 Å². The standard InChI is InChI=1S/C12H30N4OP/c1-7-13(8-2)16(14(9-3)10-4)18(17)15(11-5)12-6/h7-12H2,1-6H3/q+1. The second kappa shape index (κ2) is 9.82. The van der Waals surface area contributed by atoms with Gasteiger partial charge in [-0.25, -0.2) is 0 Å². The van der Waals surface area contributed by atoms with Gasteiger partial charge >= 0.3 is 8.10 Å². The second-order valence-corrected chi connectivity index (χ2v) is 5.37. The third-order valence-corrected chi connectivity index (χ3v) is 4.95. The molecule has 1 unspecified atom stereocenters. The molecule has 18 heavy (non-hydrogen) atoms. The van der Waals surface area contributed by atoms with Crippen molar-refractivity contribution in [3.63, 3.8) is 0 Å². The Balaban J connectivity index is 5.11. The Morgan fingerprint density at radius 1 is 0.667 bits per heavy atom. The maximum absolute atomic E-state index is 12.7. The molecule has 6 heteroatoms. The predicted octanol–water partition coefficient (Wildman–Crippen LogP) is 2.80. The van der Waals surface area contributed by atoms with Crippen molar-refractivity contribution in [1.29, 1.82) is 0 Å². The molecule has 0 bridgehead atoms. The van der Waals surface area contributed by atoms with Crippen LogP contribution in [-0.4, -0.2) is 58.8 Å². The number of rotatable bonds is 10. The van der Waals surface area contributed by atoms with Gasteiger partial charge in [-0.05, 0) is 18.4 Å². The quantitative estimate of drug-likeness (QED) is 0.452. The van der Waals surface area contributed by atoms with E-state index >= 15 is 0 Å². The molecule has 5 nitrogen and oxygen atoms in total. The van der Waals surface area contributed by atoms with Gasteiger partial charge < -0.3 is 0 Å². The first-order valence-corrected chi connectivity index (χ1v) is 8.29. The van der Waals surface area contributed by atoms with Crippen LogP contribution in [0.3, 0.4) is 0 Å². The van der Waals surface area contributed by atoms with Gasteiger partial charge in [0.05, 0.1) is 4.89 Å². The van der Waals surface area contributed by atoms with Crippen LogP contribution >= 0.6 is 8.10 Å². The summed E-state index contributed by atoms with van der Waals surface area (Å²) in [5.41, 5.74) is 0. The summed E-state index contributed by atoms with van der Waals surface area (Å²) in [6, 6.07) is 0. The van der Waals surface area contributed by atoms with Crippen molar-refractivity contribution >= 4 is 8.10 Å². The Bertz CT molecular complexity index is 216. The first kappa shape index (κ1) is 17.9. The highest BCUT2D eigenvalue weighted by molar-refractivity contribution is 7.39. The van der Waals surface area contributed by atoms with Crippen molar-refractivity contribution in [2.45, 2.75) is 41.5 Å². The molecule has 0 aliphatic rings. The fraction of sp³-hybridized carbons (Fsp3) is 1.00. The van der Waals surface area contributed by atoms with Crippen molar-refractivity contribution in [2.75, 3.05) is 39.3 Å². The van der Waals surface area contributed by atoms with Gasteiger partial charge in [-0.3, -0.25) is 0 Å². The molecule has 0 aromatic rings. The molecule has 1 atom stereocenters. The molecule has 0 aliphatic heterocycles. The van der Waals surface area contributed by atoms with Crippen molar-refractivity contribution in [3.8, 4) is 0 Å². The van der Waals surface area contributed by atoms with Gasteiger partial charge in [0.15, 0.2) is 0 Å². The number of nitrogens with zero attached hydrogens (tertiary/aromatic N) is 4. The van der Waals surface area contributed by atoms with Gasteiger partial charge in [0.2, 0.25) is 0 Å². The lowest BCUT2D eigenvalue weighted by Crippen LogP contribution is -2.50. The molecule has 0 saturated heterocycles. The van der Waals surface area contributed by atoms with Gasteiger partial charge in [0.1, 0.15) is 0 Å². The minimum Gasteiger partial charge on any atom is -0.185 e. The minimum atomic E-state index is -1.54. The van der Waals surface area contributed by atoms with Crippen LogP contribution in [0.5, 0.6) is 0 Å². The zero-order chi connectivity index (χ0) is 14.1. The first-order valence-electron chi connectivity index (χ1n) is 7.12. The lowest BCUT2D eigenvalue weighted by atomic mass is 10.6. The van der Waals surface area contributed by atoms with Gasteiger partial charge in [0.25, 0.3) is 0 Å². The molecule has 0 aliphatic carbocycles. The highest BCUT2D eigenvalue weighted by Gasteiger charge is 2.41. The lowest BCUT2D eigenvalue weighted by Gasteiger charge is -2.32. The van der Waals surface area contributed by atoms with Crippen molar-refractivity contribution in [3.05, 3.63) is 0 Å². The summed E-state index contributed by atoms with van der Waals surface area (Å²) in [6.07, 6.45) is 0. The Morgan fingerprint density at radius 2 is 1.00 bits per heavy atom. The minimum absolute atomic E-state index is 0.810. The van der Waals surface area contributed by atoms with E-state index in [-0.39, 0.29) is 0 Å². The molecule has 0 N–H and O–H groups in total. The number of hydrogen-bond donors (Lipinski definition) is 0. The van der Waals surface area contributed by atoms with Crippen LogP contribution in [0.4, 0.5) is 0 Å².